The number of hydrogen-bond donors (Lipinski definition) is 1. The summed E-state index contributed by atoms with van der Waals surface area (Å²) < 4.78 is 11.6. The molecule has 1 N–H and O–H groups in total. The molecule has 5 heteroatoms. The van der Waals surface area contributed by atoms with E-state index in [9.17, 15) is 4.79 Å². The van der Waals surface area contributed by atoms with Crippen molar-refractivity contribution in [1.82, 2.24) is 0 Å². The fourth-order valence-corrected chi connectivity index (χ4v) is 2.12. The summed E-state index contributed by atoms with van der Waals surface area (Å²) in [7, 11) is 1.44. The Kier molecular flexibility index (Phi) is 4.63. The summed E-state index contributed by atoms with van der Waals surface area (Å²) in [6, 6.07) is 12.4. The van der Waals surface area contributed by atoms with E-state index >= 15 is 0 Å². The van der Waals surface area contributed by atoms with Gasteiger partial charge in [-0.3, -0.25) is 0 Å². The normalized spacial score (nSPS) is 10.1. The Morgan fingerprint density at radius 1 is 1.20 bits per heavy atom. The van der Waals surface area contributed by atoms with Gasteiger partial charge in [-0.2, -0.15) is 0 Å². The molecule has 0 radical (unpaired) electrons. The Labute approximate surface area is 125 Å². The zero-order valence-electron chi connectivity index (χ0n) is 10.8. The maximum absolute atomic E-state index is 11.0. The van der Waals surface area contributed by atoms with E-state index in [2.05, 4.69) is 15.9 Å². The first-order chi connectivity index (χ1) is 9.61. The Morgan fingerprint density at radius 2 is 1.95 bits per heavy atom. The van der Waals surface area contributed by atoms with Gasteiger partial charge in [0.1, 0.15) is 23.7 Å². The number of carboxylic acids is 1. The molecule has 0 aliphatic heterocycles. The maximum Gasteiger partial charge on any atom is 0.339 e. The van der Waals surface area contributed by atoms with Crippen LogP contribution in [0.4, 0.5) is 0 Å². The highest BCUT2D eigenvalue weighted by atomic mass is 79.9. The van der Waals surface area contributed by atoms with E-state index in [0.29, 0.717) is 12.4 Å². The molecule has 0 saturated heterocycles. The van der Waals surface area contributed by atoms with E-state index in [1.54, 1.807) is 12.1 Å². The van der Waals surface area contributed by atoms with E-state index in [1.165, 1.54) is 13.2 Å². The number of aromatic carboxylic acids is 1. The summed E-state index contributed by atoms with van der Waals surface area (Å²) in [5.74, 6) is 0.0413. The van der Waals surface area contributed by atoms with Crippen LogP contribution < -0.4 is 9.47 Å². The molecule has 0 spiro atoms. The van der Waals surface area contributed by atoms with Crippen LogP contribution in [0.1, 0.15) is 15.9 Å². The average molecular weight is 337 g/mol. The molecular formula is C15H13BrO4. The van der Waals surface area contributed by atoms with Crippen molar-refractivity contribution in [1.29, 1.82) is 0 Å². The highest BCUT2D eigenvalue weighted by Crippen LogP contribution is 2.26. The molecule has 0 aliphatic rings. The lowest BCUT2D eigenvalue weighted by Crippen LogP contribution is -2.03. The molecule has 20 heavy (non-hydrogen) atoms. The second-order valence-corrected chi connectivity index (χ2v) is 4.91. The third kappa shape index (κ3) is 3.30. The van der Waals surface area contributed by atoms with Gasteiger partial charge in [-0.1, -0.05) is 18.2 Å². The zero-order valence-corrected chi connectivity index (χ0v) is 12.4. The summed E-state index contributed by atoms with van der Waals surface area (Å²) in [6.45, 7) is 0.332. The van der Waals surface area contributed by atoms with E-state index in [0.717, 1.165) is 15.8 Å². The van der Waals surface area contributed by atoms with Crippen molar-refractivity contribution in [3.63, 3.8) is 0 Å². The highest BCUT2D eigenvalue weighted by molar-refractivity contribution is 9.10. The van der Waals surface area contributed by atoms with Crippen LogP contribution in [-0.4, -0.2) is 18.2 Å². The first kappa shape index (κ1) is 14.4. The molecule has 0 aromatic heterocycles. The molecule has 0 bridgehead atoms. The number of ether oxygens (including phenoxy) is 2. The minimum atomic E-state index is -1.01. The van der Waals surface area contributed by atoms with Crippen molar-refractivity contribution < 1.29 is 19.4 Å². The Hall–Kier alpha value is -2.01. The van der Waals surface area contributed by atoms with Gasteiger partial charge in [0.2, 0.25) is 0 Å². The first-order valence-electron chi connectivity index (χ1n) is 5.89. The predicted octanol–water partition coefficient (Wildman–Crippen LogP) is 3.73. The van der Waals surface area contributed by atoms with Crippen molar-refractivity contribution in [3.8, 4) is 11.5 Å². The maximum atomic E-state index is 11.0. The van der Waals surface area contributed by atoms with Crippen LogP contribution in [0.5, 0.6) is 11.5 Å². The van der Waals surface area contributed by atoms with Gasteiger partial charge in [-0.05, 0) is 45.8 Å². The van der Waals surface area contributed by atoms with Gasteiger partial charge in [0, 0.05) is 0 Å². The van der Waals surface area contributed by atoms with Gasteiger partial charge in [0.15, 0.2) is 0 Å². The molecular weight excluding hydrogens is 324 g/mol. The first-order valence-corrected chi connectivity index (χ1v) is 6.68. The van der Waals surface area contributed by atoms with Crippen LogP contribution in [-0.2, 0) is 6.61 Å². The second-order valence-electron chi connectivity index (χ2n) is 4.06. The number of methoxy groups -OCH3 is 1. The summed E-state index contributed by atoms with van der Waals surface area (Å²) in [6.07, 6.45) is 0. The molecule has 0 unspecified atom stereocenters. The van der Waals surface area contributed by atoms with Crippen LogP contribution in [0, 0.1) is 0 Å². The summed E-state index contributed by atoms with van der Waals surface area (Å²) in [5.41, 5.74) is 0.972. The molecule has 104 valence electrons. The number of para-hydroxylation sites is 1. The lowest BCUT2D eigenvalue weighted by Gasteiger charge is -2.10. The minimum absolute atomic E-state index is 0.136. The molecule has 2 aromatic rings. The molecule has 2 aromatic carbocycles. The molecule has 0 saturated carbocycles. The number of hydrogen-bond acceptors (Lipinski definition) is 3. The Morgan fingerprint density at radius 3 is 2.60 bits per heavy atom. The lowest BCUT2D eigenvalue weighted by molar-refractivity contribution is 0.0693. The van der Waals surface area contributed by atoms with Crippen molar-refractivity contribution >= 4 is 21.9 Å². The lowest BCUT2D eigenvalue weighted by atomic mass is 10.1. The predicted molar refractivity (Wildman–Crippen MR) is 78.4 cm³/mol. The fourth-order valence-electron chi connectivity index (χ4n) is 1.72. The second kappa shape index (κ2) is 6.43. The van der Waals surface area contributed by atoms with Crippen LogP contribution in [0.15, 0.2) is 46.9 Å². The number of halogens is 1. The number of carbonyl (C=O) groups is 1. The summed E-state index contributed by atoms with van der Waals surface area (Å²) in [5, 5.41) is 9.01. The SMILES string of the molecule is COc1cc(COc2ccccc2Br)ccc1C(=O)O. The van der Waals surface area contributed by atoms with Crippen molar-refractivity contribution in [2.75, 3.05) is 7.11 Å². The third-order valence-electron chi connectivity index (χ3n) is 2.73. The molecule has 0 fully saturated rings. The standard InChI is InChI=1S/C15H13BrO4/c1-19-14-8-10(6-7-11(14)15(17)18)9-20-13-5-3-2-4-12(13)16/h2-8H,9H2,1H3,(H,17,18). The Balaban J connectivity index is 2.15. The molecule has 0 aliphatic carbocycles. The monoisotopic (exact) mass is 336 g/mol. The highest BCUT2D eigenvalue weighted by Gasteiger charge is 2.11. The van der Waals surface area contributed by atoms with Gasteiger partial charge in [-0.25, -0.2) is 4.79 Å². The largest absolute Gasteiger partial charge is 0.496 e. The van der Waals surface area contributed by atoms with Crippen LogP contribution in [0.3, 0.4) is 0 Å². The number of benzene rings is 2. The Bertz CT molecular complexity index is 625. The molecule has 0 heterocycles. The van der Waals surface area contributed by atoms with Crippen molar-refractivity contribution in [2.24, 2.45) is 0 Å². The van der Waals surface area contributed by atoms with E-state index in [1.807, 2.05) is 24.3 Å². The quantitative estimate of drug-likeness (QED) is 0.903. The van der Waals surface area contributed by atoms with Gasteiger partial charge in [0.25, 0.3) is 0 Å². The number of rotatable bonds is 5. The van der Waals surface area contributed by atoms with Crippen molar-refractivity contribution in [2.45, 2.75) is 6.61 Å². The smallest absolute Gasteiger partial charge is 0.339 e. The minimum Gasteiger partial charge on any atom is -0.496 e. The molecule has 4 nitrogen and oxygen atoms in total. The van der Waals surface area contributed by atoms with Gasteiger partial charge >= 0.3 is 5.97 Å². The average Bonchev–Trinajstić information content (AvgIpc) is 2.46. The van der Waals surface area contributed by atoms with E-state index < -0.39 is 5.97 Å². The topological polar surface area (TPSA) is 55.8 Å². The fraction of sp³-hybridized carbons (Fsp3) is 0.133. The molecule has 0 amide bonds. The molecule has 2 rings (SSSR count). The van der Waals surface area contributed by atoms with E-state index in [4.69, 9.17) is 14.6 Å². The van der Waals surface area contributed by atoms with E-state index in [-0.39, 0.29) is 5.56 Å². The van der Waals surface area contributed by atoms with Crippen LogP contribution >= 0.6 is 15.9 Å². The van der Waals surface area contributed by atoms with Gasteiger partial charge in [0.05, 0.1) is 11.6 Å². The van der Waals surface area contributed by atoms with Gasteiger partial charge in [-0.15, -0.1) is 0 Å². The van der Waals surface area contributed by atoms with Gasteiger partial charge < -0.3 is 14.6 Å². The molecule has 0 atom stereocenters. The summed E-state index contributed by atoms with van der Waals surface area (Å²) >= 11 is 3.40. The van der Waals surface area contributed by atoms with Crippen molar-refractivity contribution in [3.05, 3.63) is 58.1 Å². The number of carboxylic acid groups (broad SMARTS) is 1. The zero-order chi connectivity index (χ0) is 14.5. The van der Waals surface area contributed by atoms with Crippen LogP contribution in [0.2, 0.25) is 0 Å². The van der Waals surface area contributed by atoms with Crippen LogP contribution in [0.25, 0.3) is 0 Å². The third-order valence-corrected chi connectivity index (χ3v) is 3.38. The summed E-state index contributed by atoms with van der Waals surface area (Å²) in [4.78, 5) is 11.0.